The first-order valence-corrected chi connectivity index (χ1v) is 6.63. The summed E-state index contributed by atoms with van der Waals surface area (Å²) < 4.78 is 4.83. The highest BCUT2D eigenvalue weighted by Crippen LogP contribution is 2.09. The van der Waals surface area contributed by atoms with E-state index in [-0.39, 0.29) is 19.0 Å². The summed E-state index contributed by atoms with van der Waals surface area (Å²) in [6.07, 6.45) is 6.29. The van der Waals surface area contributed by atoms with Crippen LogP contribution >= 0.6 is 11.6 Å². The monoisotopic (exact) mass is 264 g/mol. The summed E-state index contributed by atoms with van der Waals surface area (Å²) >= 11 is 5.38. The lowest BCUT2D eigenvalue weighted by molar-refractivity contribution is -0.143. The lowest BCUT2D eigenvalue weighted by Gasteiger charge is -2.02. The van der Waals surface area contributed by atoms with Gasteiger partial charge in [-0.25, -0.2) is 0 Å². The van der Waals surface area contributed by atoms with Crippen molar-refractivity contribution in [1.29, 1.82) is 0 Å². The molecular formula is C12H21ClO4. The Kier molecular flexibility index (Phi) is 11.2. The largest absolute Gasteiger partial charge is 0.481 e. The van der Waals surface area contributed by atoms with Crippen LogP contribution < -0.4 is 0 Å². The van der Waals surface area contributed by atoms with Crippen molar-refractivity contribution in [3.63, 3.8) is 0 Å². The second-order valence-corrected chi connectivity index (χ2v) is 4.30. The predicted molar refractivity (Wildman–Crippen MR) is 66.3 cm³/mol. The molecule has 0 spiro atoms. The number of alkyl halides is 1. The van der Waals surface area contributed by atoms with Gasteiger partial charge in [-0.2, -0.15) is 0 Å². The molecule has 0 aliphatic heterocycles. The van der Waals surface area contributed by atoms with Crippen LogP contribution in [-0.4, -0.2) is 29.5 Å². The van der Waals surface area contributed by atoms with Crippen LogP contribution in [0.4, 0.5) is 0 Å². The minimum atomic E-state index is -0.730. The van der Waals surface area contributed by atoms with E-state index >= 15 is 0 Å². The second-order valence-electron chi connectivity index (χ2n) is 3.92. The van der Waals surface area contributed by atoms with Gasteiger partial charge in [-0.1, -0.05) is 25.7 Å². The van der Waals surface area contributed by atoms with Gasteiger partial charge in [0.05, 0.1) is 5.88 Å². The Morgan fingerprint density at radius 1 is 0.941 bits per heavy atom. The molecular weight excluding hydrogens is 244 g/mol. The Hall–Kier alpha value is -0.770. The number of carboxylic acid groups (broad SMARTS) is 1. The number of unbranched alkanes of at least 4 members (excludes halogenated alkanes) is 5. The summed E-state index contributed by atoms with van der Waals surface area (Å²) in [6.45, 7) is 0.287. The molecule has 0 amide bonds. The molecule has 0 aliphatic carbocycles. The summed E-state index contributed by atoms with van der Waals surface area (Å²) in [5, 5.41) is 8.43. The SMILES string of the molecule is O=C(O)CCCCCCCCC(=O)OCCCl. The molecule has 0 fully saturated rings. The summed E-state index contributed by atoms with van der Waals surface area (Å²) in [5.74, 6) is -0.571. The van der Waals surface area contributed by atoms with E-state index in [9.17, 15) is 9.59 Å². The van der Waals surface area contributed by atoms with Gasteiger partial charge in [-0.3, -0.25) is 9.59 Å². The molecule has 0 aromatic carbocycles. The number of rotatable bonds is 11. The smallest absolute Gasteiger partial charge is 0.305 e. The van der Waals surface area contributed by atoms with Crippen molar-refractivity contribution in [2.24, 2.45) is 0 Å². The molecule has 0 aliphatic rings. The van der Waals surface area contributed by atoms with E-state index in [1.807, 2.05) is 0 Å². The van der Waals surface area contributed by atoms with Gasteiger partial charge in [0.15, 0.2) is 0 Å². The topological polar surface area (TPSA) is 63.6 Å². The average Bonchev–Trinajstić information content (AvgIpc) is 2.29. The van der Waals surface area contributed by atoms with Crippen LogP contribution in [0.15, 0.2) is 0 Å². The van der Waals surface area contributed by atoms with E-state index in [4.69, 9.17) is 21.4 Å². The third kappa shape index (κ3) is 13.2. The molecule has 0 saturated carbocycles. The van der Waals surface area contributed by atoms with Crippen LogP contribution in [0.25, 0.3) is 0 Å². The summed E-state index contributed by atoms with van der Waals surface area (Å²) in [5.41, 5.74) is 0. The molecule has 1 N–H and O–H groups in total. The van der Waals surface area contributed by atoms with Crippen molar-refractivity contribution in [2.75, 3.05) is 12.5 Å². The van der Waals surface area contributed by atoms with Crippen molar-refractivity contribution < 1.29 is 19.4 Å². The summed E-state index contributed by atoms with van der Waals surface area (Å²) in [7, 11) is 0. The lowest BCUT2D eigenvalue weighted by Crippen LogP contribution is -2.06. The third-order valence-corrected chi connectivity index (χ3v) is 2.52. The van der Waals surface area contributed by atoms with Crippen molar-refractivity contribution in [1.82, 2.24) is 0 Å². The molecule has 17 heavy (non-hydrogen) atoms. The fraction of sp³-hybridized carbons (Fsp3) is 0.833. The number of esters is 1. The Bertz CT molecular complexity index is 219. The predicted octanol–water partition coefficient (Wildman–Crippen LogP) is 2.97. The minimum Gasteiger partial charge on any atom is -0.481 e. The Morgan fingerprint density at radius 2 is 1.47 bits per heavy atom. The van der Waals surface area contributed by atoms with Gasteiger partial charge in [0.25, 0.3) is 0 Å². The Labute approximate surface area is 107 Å². The van der Waals surface area contributed by atoms with Crippen LogP contribution in [0.1, 0.15) is 51.4 Å². The van der Waals surface area contributed by atoms with Gasteiger partial charge >= 0.3 is 11.9 Å². The van der Waals surface area contributed by atoms with Crippen molar-refractivity contribution in [3.05, 3.63) is 0 Å². The Morgan fingerprint density at radius 3 is 2.00 bits per heavy atom. The van der Waals surface area contributed by atoms with Crippen LogP contribution in [0, 0.1) is 0 Å². The first kappa shape index (κ1) is 16.2. The lowest BCUT2D eigenvalue weighted by atomic mass is 10.1. The van der Waals surface area contributed by atoms with Gasteiger partial charge in [-0.05, 0) is 12.8 Å². The van der Waals surface area contributed by atoms with E-state index in [1.165, 1.54) is 0 Å². The molecule has 4 nitrogen and oxygen atoms in total. The fourth-order valence-corrected chi connectivity index (χ4v) is 1.55. The first-order valence-electron chi connectivity index (χ1n) is 6.10. The van der Waals surface area contributed by atoms with Crippen LogP contribution in [0.5, 0.6) is 0 Å². The number of carboxylic acids is 1. The number of ether oxygens (including phenoxy) is 1. The minimum absolute atomic E-state index is 0.184. The quantitative estimate of drug-likeness (QED) is 0.354. The molecule has 0 bridgehead atoms. The third-order valence-electron chi connectivity index (χ3n) is 2.36. The van der Waals surface area contributed by atoms with Gasteiger partial charge < -0.3 is 9.84 Å². The van der Waals surface area contributed by atoms with E-state index in [0.717, 1.165) is 38.5 Å². The summed E-state index contributed by atoms with van der Waals surface area (Å²) in [6, 6.07) is 0. The zero-order valence-electron chi connectivity index (χ0n) is 10.1. The number of halogens is 1. The Balaban J connectivity index is 3.12. The van der Waals surface area contributed by atoms with Gasteiger partial charge in [0, 0.05) is 12.8 Å². The van der Waals surface area contributed by atoms with Crippen molar-refractivity contribution in [2.45, 2.75) is 51.4 Å². The van der Waals surface area contributed by atoms with E-state index in [0.29, 0.717) is 12.3 Å². The van der Waals surface area contributed by atoms with Gasteiger partial charge in [0.1, 0.15) is 6.61 Å². The number of carbonyl (C=O) groups excluding carboxylic acids is 1. The van der Waals surface area contributed by atoms with Gasteiger partial charge in [-0.15, -0.1) is 11.6 Å². The fourth-order valence-electron chi connectivity index (χ4n) is 1.48. The van der Waals surface area contributed by atoms with Crippen molar-refractivity contribution >= 4 is 23.5 Å². The molecule has 0 radical (unpaired) electrons. The number of hydrogen-bond acceptors (Lipinski definition) is 3. The normalized spacial score (nSPS) is 10.2. The highest BCUT2D eigenvalue weighted by Gasteiger charge is 2.01. The molecule has 0 aromatic rings. The van der Waals surface area contributed by atoms with E-state index in [1.54, 1.807) is 0 Å². The van der Waals surface area contributed by atoms with Crippen LogP contribution in [0.2, 0.25) is 0 Å². The average molecular weight is 265 g/mol. The molecule has 0 heterocycles. The maximum atomic E-state index is 11.1. The maximum Gasteiger partial charge on any atom is 0.305 e. The highest BCUT2D eigenvalue weighted by atomic mass is 35.5. The van der Waals surface area contributed by atoms with E-state index < -0.39 is 5.97 Å². The summed E-state index contributed by atoms with van der Waals surface area (Å²) in [4.78, 5) is 21.3. The maximum absolute atomic E-state index is 11.1. The van der Waals surface area contributed by atoms with E-state index in [2.05, 4.69) is 0 Å². The van der Waals surface area contributed by atoms with Gasteiger partial charge in [0.2, 0.25) is 0 Å². The van der Waals surface area contributed by atoms with Crippen LogP contribution in [-0.2, 0) is 14.3 Å². The molecule has 0 rings (SSSR count). The molecule has 100 valence electrons. The molecule has 5 heteroatoms. The zero-order valence-corrected chi connectivity index (χ0v) is 10.9. The number of aliphatic carboxylic acids is 1. The molecule has 0 atom stereocenters. The first-order chi connectivity index (χ1) is 8.16. The van der Waals surface area contributed by atoms with Crippen LogP contribution in [0.3, 0.4) is 0 Å². The van der Waals surface area contributed by atoms with Crippen molar-refractivity contribution in [3.8, 4) is 0 Å². The second kappa shape index (κ2) is 11.7. The number of carbonyl (C=O) groups is 2. The standard InChI is InChI=1S/C12H21ClO4/c13-9-10-17-12(16)8-6-4-2-1-3-5-7-11(14)15/h1-10H2,(H,14,15). The number of hydrogen-bond donors (Lipinski definition) is 1. The molecule has 0 saturated heterocycles. The molecule has 0 unspecified atom stereocenters. The zero-order chi connectivity index (χ0) is 12.9. The highest BCUT2D eigenvalue weighted by molar-refractivity contribution is 6.18. The molecule has 0 aromatic heterocycles.